The van der Waals surface area contributed by atoms with Gasteiger partial charge in [-0.05, 0) is 49.7 Å². The van der Waals surface area contributed by atoms with Crippen molar-refractivity contribution in [1.82, 2.24) is 10.3 Å². The molecule has 0 saturated heterocycles. The zero-order valence-electron chi connectivity index (χ0n) is 17.0. The zero-order valence-corrected chi connectivity index (χ0v) is 17.0. The number of aromatic amines is 2. The fraction of sp³-hybridized carbons (Fsp3) is 0.364. The van der Waals surface area contributed by atoms with Crippen LogP contribution in [0, 0.1) is 11.8 Å². The fourth-order valence-corrected chi connectivity index (χ4v) is 3.78. The van der Waals surface area contributed by atoms with Gasteiger partial charge in [0.1, 0.15) is 5.97 Å². The van der Waals surface area contributed by atoms with Crippen LogP contribution in [0.3, 0.4) is 0 Å². The van der Waals surface area contributed by atoms with E-state index in [4.69, 9.17) is 9.90 Å². The molecule has 2 aliphatic carbocycles. The minimum Gasteiger partial charge on any atom is -0.542 e. The number of pyridine rings is 2. The van der Waals surface area contributed by atoms with E-state index in [0.717, 1.165) is 16.8 Å². The molecule has 168 valence electrons. The van der Waals surface area contributed by atoms with Crippen LogP contribution in [0.25, 0.3) is 16.8 Å². The predicted molar refractivity (Wildman–Crippen MR) is 104 cm³/mol. The molecule has 0 radical (unpaired) electrons. The molecule has 0 aliphatic heterocycles. The van der Waals surface area contributed by atoms with Crippen molar-refractivity contribution in [2.45, 2.75) is 37.9 Å². The van der Waals surface area contributed by atoms with Crippen LogP contribution in [-0.2, 0) is 4.79 Å². The lowest BCUT2D eigenvalue weighted by Gasteiger charge is -2.15. The van der Waals surface area contributed by atoms with Crippen LogP contribution < -0.4 is 19.8 Å². The van der Waals surface area contributed by atoms with Crippen LogP contribution in [0.5, 0.6) is 0 Å². The van der Waals surface area contributed by atoms with Crippen molar-refractivity contribution in [2.24, 2.45) is 11.8 Å². The first kappa shape index (κ1) is 21.8. The summed E-state index contributed by atoms with van der Waals surface area (Å²) in [4.78, 5) is 28.2. The van der Waals surface area contributed by atoms with E-state index in [1.165, 1.54) is 25.7 Å². The number of aromatic nitrogens is 3. The molecule has 0 bridgehead atoms. The number of carbonyl (C=O) groups excluding carboxylic acids is 2. The van der Waals surface area contributed by atoms with Gasteiger partial charge in [0.25, 0.3) is 0 Å². The number of fused-ring (bicyclic) bond motifs is 1. The summed E-state index contributed by atoms with van der Waals surface area (Å²) >= 11 is 0. The number of halogens is 3. The normalized spacial score (nSPS) is 15.9. The van der Waals surface area contributed by atoms with Gasteiger partial charge in [0.05, 0.1) is 6.20 Å². The number of hydrogen-bond acceptors (Lipinski definition) is 3. The second-order valence-electron chi connectivity index (χ2n) is 8.05. The van der Waals surface area contributed by atoms with Gasteiger partial charge in [-0.1, -0.05) is 6.07 Å². The molecular formula is C22H22F3N4O3+. The number of H-pyrrole nitrogens is 2. The van der Waals surface area contributed by atoms with Gasteiger partial charge in [-0.15, -0.1) is 0 Å². The summed E-state index contributed by atoms with van der Waals surface area (Å²) in [5, 5.41) is 12.1. The van der Waals surface area contributed by atoms with Crippen LogP contribution in [0.1, 0.15) is 36.3 Å². The standard InChI is InChI=1S/C20H20N4O.C2HF3O2/c25-20(23-17(13-4-5-13)14-6-7-14)19-22-18(15-8-10-21-11-9-15)16-3-1-2-12-24(16)19;3-2(4,5)1(6)7/h1-3,8-14,17H,4-7H2,(H,23,25);(H,6,7)/p+1. The first-order valence-electron chi connectivity index (χ1n) is 10.3. The number of rotatable bonds is 5. The molecule has 1 amide bonds. The molecule has 3 N–H and O–H groups in total. The molecule has 0 aromatic carbocycles. The topological polar surface area (TPSA) is 103 Å². The summed E-state index contributed by atoms with van der Waals surface area (Å²) < 4.78 is 33.5. The Hall–Kier alpha value is -3.43. The van der Waals surface area contributed by atoms with E-state index in [1.807, 2.05) is 53.3 Å². The summed E-state index contributed by atoms with van der Waals surface area (Å²) in [6.07, 6.45) is 5.56. The maximum absolute atomic E-state index is 13.0. The van der Waals surface area contributed by atoms with Crippen LogP contribution in [-0.4, -0.2) is 29.1 Å². The van der Waals surface area contributed by atoms with Crippen LogP contribution in [0.4, 0.5) is 13.2 Å². The fourth-order valence-electron chi connectivity index (χ4n) is 3.78. The highest BCUT2D eigenvalue weighted by Gasteiger charge is 2.43. The number of nitrogens with one attached hydrogen (secondary N) is 3. The quantitative estimate of drug-likeness (QED) is 0.579. The molecule has 2 aliphatic rings. The molecule has 3 aromatic heterocycles. The van der Waals surface area contributed by atoms with Crippen molar-refractivity contribution in [1.29, 1.82) is 0 Å². The van der Waals surface area contributed by atoms with Crippen LogP contribution in [0.2, 0.25) is 0 Å². The molecule has 2 fully saturated rings. The molecule has 5 rings (SSSR count). The molecule has 0 unspecified atom stereocenters. The zero-order chi connectivity index (χ0) is 22.9. The van der Waals surface area contributed by atoms with Gasteiger partial charge in [0.15, 0.2) is 23.6 Å². The van der Waals surface area contributed by atoms with Crippen molar-refractivity contribution in [3.63, 3.8) is 0 Å². The van der Waals surface area contributed by atoms with E-state index >= 15 is 0 Å². The summed E-state index contributed by atoms with van der Waals surface area (Å²) in [5.41, 5.74) is 3.03. The maximum Gasteiger partial charge on any atom is 0.430 e. The van der Waals surface area contributed by atoms with Crippen molar-refractivity contribution in [2.75, 3.05) is 0 Å². The molecule has 32 heavy (non-hydrogen) atoms. The number of carboxylic acids is 1. The molecule has 3 heterocycles. The Balaban J connectivity index is 0.000000307. The number of aliphatic carboxylic acids is 1. The van der Waals surface area contributed by atoms with E-state index in [0.29, 0.717) is 23.7 Å². The lowest BCUT2D eigenvalue weighted by atomic mass is 10.1. The molecule has 0 atom stereocenters. The maximum atomic E-state index is 13.0. The number of imidazole rings is 1. The van der Waals surface area contributed by atoms with Crippen molar-refractivity contribution in [3.05, 3.63) is 54.7 Å². The first-order valence-corrected chi connectivity index (χ1v) is 10.3. The molecule has 2 saturated carbocycles. The Morgan fingerprint density at radius 3 is 2.22 bits per heavy atom. The molecule has 7 nitrogen and oxygen atoms in total. The van der Waals surface area contributed by atoms with Gasteiger partial charge in [-0.3, -0.25) is 4.79 Å². The third-order valence-corrected chi connectivity index (χ3v) is 5.61. The van der Waals surface area contributed by atoms with Gasteiger partial charge in [-0.2, -0.15) is 17.6 Å². The largest absolute Gasteiger partial charge is 0.542 e. The number of amides is 1. The lowest BCUT2D eigenvalue weighted by molar-refractivity contribution is -0.514. The summed E-state index contributed by atoms with van der Waals surface area (Å²) in [5.74, 6) is -1.03. The molecular weight excluding hydrogens is 425 g/mol. The smallest absolute Gasteiger partial charge is 0.430 e. The Morgan fingerprint density at radius 2 is 1.69 bits per heavy atom. The lowest BCUT2D eigenvalue weighted by Crippen LogP contribution is -2.42. The van der Waals surface area contributed by atoms with E-state index in [1.54, 1.807) is 0 Å². The SMILES string of the molecule is O=C(NC(C1CC1)C1CC1)c1[nH]c(-c2cc[nH+]cc2)c2cccc[n+]12.O=C([O-])C(F)(F)F. The highest BCUT2D eigenvalue weighted by atomic mass is 19.4. The Bertz CT molecular complexity index is 1110. The summed E-state index contributed by atoms with van der Waals surface area (Å²) in [6, 6.07) is 10.4. The monoisotopic (exact) mass is 447 g/mol. The minimum absolute atomic E-state index is 0.00116. The molecule has 3 aromatic rings. The van der Waals surface area contributed by atoms with E-state index < -0.39 is 12.1 Å². The van der Waals surface area contributed by atoms with Gasteiger partial charge < -0.3 is 15.2 Å². The van der Waals surface area contributed by atoms with Gasteiger partial charge in [0.2, 0.25) is 0 Å². The molecule has 10 heteroatoms. The van der Waals surface area contributed by atoms with Crippen LogP contribution >= 0.6 is 0 Å². The van der Waals surface area contributed by atoms with E-state index in [2.05, 4.69) is 15.3 Å². The average molecular weight is 447 g/mol. The Morgan fingerprint density at radius 1 is 1.09 bits per heavy atom. The number of carboxylic acid groups (broad SMARTS) is 1. The second kappa shape index (κ2) is 8.60. The van der Waals surface area contributed by atoms with Crippen LogP contribution in [0.15, 0.2) is 48.9 Å². The van der Waals surface area contributed by atoms with Gasteiger partial charge >= 0.3 is 17.9 Å². The van der Waals surface area contributed by atoms with Crippen molar-refractivity contribution in [3.8, 4) is 11.3 Å². The summed E-state index contributed by atoms with van der Waals surface area (Å²) in [7, 11) is 0. The number of carbonyl (C=O) groups is 2. The minimum atomic E-state index is -5.19. The second-order valence-corrected chi connectivity index (χ2v) is 8.05. The number of alkyl halides is 3. The number of nitrogens with zero attached hydrogens (tertiary/aromatic N) is 1. The predicted octanol–water partition coefficient (Wildman–Crippen LogP) is 1.45. The highest BCUT2D eigenvalue weighted by molar-refractivity contribution is 5.91. The third kappa shape index (κ3) is 4.90. The van der Waals surface area contributed by atoms with E-state index in [-0.39, 0.29) is 5.91 Å². The number of hydrogen-bond donors (Lipinski definition) is 2. The first-order chi connectivity index (χ1) is 15.3. The summed E-state index contributed by atoms with van der Waals surface area (Å²) in [6.45, 7) is 0. The van der Waals surface area contributed by atoms with Gasteiger partial charge in [0, 0.05) is 23.7 Å². The van der Waals surface area contributed by atoms with Crippen molar-refractivity contribution >= 4 is 17.4 Å². The molecule has 0 spiro atoms. The van der Waals surface area contributed by atoms with Crippen molar-refractivity contribution < 1.29 is 37.3 Å². The average Bonchev–Trinajstić information content (AvgIpc) is 3.69. The third-order valence-electron chi connectivity index (χ3n) is 5.61. The Labute approximate surface area is 181 Å². The van der Waals surface area contributed by atoms with E-state index in [9.17, 15) is 18.0 Å². The Kier molecular flexibility index (Phi) is 5.86. The van der Waals surface area contributed by atoms with Gasteiger partial charge in [-0.25, -0.2) is 9.97 Å². The highest BCUT2D eigenvalue weighted by Crippen LogP contribution is 2.44.